The van der Waals surface area contributed by atoms with E-state index in [9.17, 15) is 0 Å². The molecule has 0 amide bonds. The molecule has 3 rings (SSSR count). The van der Waals surface area contributed by atoms with Crippen LogP contribution in [0.1, 0.15) is 26.0 Å². The van der Waals surface area contributed by atoms with Gasteiger partial charge in [0, 0.05) is 16.3 Å². The summed E-state index contributed by atoms with van der Waals surface area (Å²) < 4.78 is 0. The number of aromatic nitrogens is 2. The summed E-state index contributed by atoms with van der Waals surface area (Å²) in [6.45, 7) is 8.44. The third-order valence-electron chi connectivity index (χ3n) is 4.16. The summed E-state index contributed by atoms with van der Waals surface area (Å²) in [4.78, 5) is 9.55. The van der Waals surface area contributed by atoms with Crippen LogP contribution in [0.2, 0.25) is 0 Å². The first-order valence-electron chi connectivity index (χ1n) is 8.65. The van der Waals surface area contributed by atoms with Crippen LogP contribution >= 0.6 is 8.58 Å². The molecule has 128 valence electrons. The van der Waals surface area contributed by atoms with Gasteiger partial charge < -0.3 is 5.32 Å². The smallest absolute Gasteiger partial charge is 0.139 e. The van der Waals surface area contributed by atoms with Gasteiger partial charge in [-0.05, 0) is 49.7 Å². The molecule has 4 heteroatoms. The molecule has 0 bridgehead atoms. The Hall–Kier alpha value is -2.25. The van der Waals surface area contributed by atoms with Gasteiger partial charge in [-0.1, -0.05) is 51.9 Å². The highest BCUT2D eigenvalue weighted by atomic mass is 31.1. The van der Waals surface area contributed by atoms with Crippen molar-refractivity contribution in [2.24, 2.45) is 0 Å². The Balaban J connectivity index is 2.16. The molecular weight excluding hydrogens is 325 g/mol. The van der Waals surface area contributed by atoms with Gasteiger partial charge in [0.15, 0.2) is 0 Å². The Bertz CT molecular complexity index is 1030. The summed E-state index contributed by atoms with van der Waals surface area (Å²) in [6.07, 6.45) is 5.42. The molecule has 0 fully saturated rings. The molecule has 25 heavy (non-hydrogen) atoms. The Morgan fingerprint density at radius 2 is 1.96 bits per heavy atom. The van der Waals surface area contributed by atoms with Crippen molar-refractivity contribution in [3.63, 3.8) is 0 Å². The van der Waals surface area contributed by atoms with E-state index in [4.69, 9.17) is 9.97 Å². The zero-order valence-corrected chi connectivity index (χ0v) is 16.2. The summed E-state index contributed by atoms with van der Waals surface area (Å²) >= 11 is 0. The number of benzene rings is 1. The second-order valence-electron chi connectivity index (χ2n) is 5.97. The molecule has 1 unspecified atom stereocenters. The van der Waals surface area contributed by atoms with Crippen LogP contribution in [0, 0.1) is 6.92 Å². The molecule has 0 aliphatic rings. The summed E-state index contributed by atoms with van der Waals surface area (Å²) in [5, 5.41) is 8.25. The molecule has 1 aromatic carbocycles. The Labute approximate surface area is 150 Å². The summed E-state index contributed by atoms with van der Waals surface area (Å²) in [7, 11) is 0.650. The highest BCUT2D eigenvalue weighted by molar-refractivity contribution is 7.45. The van der Waals surface area contributed by atoms with E-state index in [1.807, 2.05) is 13.0 Å². The first-order valence-corrected chi connectivity index (χ1v) is 10.1. The maximum Gasteiger partial charge on any atom is 0.139 e. The van der Waals surface area contributed by atoms with Gasteiger partial charge in [0.25, 0.3) is 0 Å². The molecule has 1 atom stereocenters. The SMILES string of the molecule is C/C=c1/c(PC)nc(Nc2nc(C)cc3ccccc23)c/c1=C/CC. The second kappa shape index (κ2) is 7.76. The zero-order chi connectivity index (χ0) is 17.8. The van der Waals surface area contributed by atoms with Crippen molar-refractivity contribution >= 4 is 48.6 Å². The minimum atomic E-state index is 0.650. The van der Waals surface area contributed by atoms with E-state index in [0.717, 1.165) is 34.6 Å². The van der Waals surface area contributed by atoms with Gasteiger partial charge in [0.1, 0.15) is 11.6 Å². The van der Waals surface area contributed by atoms with Crippen LogP contribution in [-0.4, -0.2) is 16.6 Å². The third-order valence-corrected chi connectivity index (χ3v) is 5.01. The lowest BCUT2D eigenvalue weighted by molar-refractivity contribution is 1.20. The van der Waals surface area contributed by atoms with Crippen LogP contribution in [0.25, 0.3) is 22.9 Å². The van der Waals surface area contributed by atoms with Crippen LogP contribution < -0.4 is 21.2 Å². The van der Waals surface area contributed by atoms with Crippen LogP contribution in [0.5, 0.6) is 0 Å². The van der Waals surface area contributed by atoms with E-state index in [-0.39, 0.29) is 0 Å². The summed E-state index contributed by atoms with van der Waals surface area (Å²) in [5.41, 5.74) is 2.14. The lowest BCUT2D eigenvalue weighted by Crippen LogP contribution is -2.38. The number of hydrogen-bond acceptors (Lipinski definition) is 3. The lowest BCUT2D eigenvalue weighted by Gasteiger charge is -2.11. The first-order chi connectivity index (χ1) is 12.2. The lowest BCUT2D eigenvalue weighted by atomic mass is 10.1. The van der Waals surface area contributed by atoms with E-state index in [2.05, 4.69) is 68.3 Å². The normalized spacial score (nSPS) is 13.3. The van der Waals surface area contributed by atoms with Crippen LogP contribution in [0.3, 0.4) is 0 Å². The van der Waals surface area contributed by atoms with Crippen LogP contribution in [-0.2, 0) is 0 Å². The fraction of sp³-hybridized carbons (Fsp3) is 0.238. The van der Waals surface area contributed by atoms with Gasteiger partial charge in [-0.2, -0.15) is 0 Å². The average molecular weight is 349 g/mol. The first kappa shape index (κ1) is 17.6. The quantitative estimate of drug-likeness (QED) is 0.731. The standard InChI is InChI=1S/C21H24N3P/c1-5-9-15-13-19(24-21(25-4)17(15)6-2)23-20-18-11-8-7-10-16(18)12-14(3)22-20/h6-13,25H,5H2,1-4H3,(H,22,23)/b15-9-,17-6+. The maximum absolute atomic E-state index is 4.85. The van der Waals surface area contributed by atoms with Crippen molar-refractivity contribution in [3.05, 3.63) is 52.5 Å². The van der Waals surface area contributed by atoms with Crippen molar-refractivity contribution in [2.75, 3.05) is 12.0 Å². The van der Waals surface area contributed by atoms with Gasteiger partial charge in [-0.25, -0.2) is 9.97 Å². The molecular formula is C21H24N3P. The summed E-state index contributed by atoms with van der Waals surface area (Å²) in [5.74, 6) is 1.72. The van der Waals surface area contributed by atoms with E-state index in [1.165, 1.54) is 15.8 Å². The molecule has 0 saturated carbocycles. The van der Waals surface area contributed by atoms with Gasteiger partial charge in [-0.15, -0.1) is 0 Å². The van der Waals surface area contributed by atoms with Gasteiger partial charge in [-0.3, -0.25) is 0 Å². The molecule has 3 aromatic rings. The Morgan fingerprint density at radius 1 is 1.16 bits per heavy atom. The van der Waals surface area contributed by atoms with Crippen molar-refractivity contribution in [3.8, 4) is 0 Å². The number of anilines is 2. The predicted molar refractivity (Wildman–Crippen MR) is 112 cm³/mol. The van der Waals surface area contributed by atoms with Gasteiger partial charge in [0.05, 0.1) is 5.44 Å². The fourth-order valence-electron chi connectivity index (χ4n) is 3.07. The Kier molecular flexibility index (Phi) is 5.45. The fourth-order valence-corrected chi connectivity index (χ4v) is 3.86. The van der Waals surface area contributed by atoms with Crippen molar-refractivity contribution in [1.82, 2.24) is 9.97 Å². The van der Waals surface area contributed by atoms with Crippen molar-refractivity contribution in [1.29, 1.82) is 0 Å². The van der Waals surface area contributed by atoms with Crippen molar-refractivity contribution < 1.29 is 0 Å². The topological polar surface area (TPSA) is 37.8 Å². The predicted octanol–water partition coefficient (Wildman–Crippen LogP) is 3.61. The van der Waals surface area contributed by atoms with E-state index in [1.54, 1.807) is 0 Å². The number of nitrogens with zero attached hydrogens (tertiary/aromatic N) is 2. The molecule has 2 heterocycles. The van der Waals surface area contributed by atoms with E-state index < -0.39 is 0 Å². The third kappa shape index (κ3) is 3.72. The number of fused-ring (bicyclic) bond motifs is 1. The van der Waals surface area contributed by atoms with Crippen LogP contribution in [0.15, 0.2) is 36.4 Å². The number of nitrogens with one attached hydrogen (secondary N) is 1. The maximum atomic E-state index is 4.85. The number of pyridine rings is 2. The molecule has 3 nitrogen and oxygen atoms in total. The van der Waals surface area contributed by atoms with E-state index in [0.29, 0.717) is 8.58 Å². The molecule has 0 radical (unpaired) electrons. The van der Waals surface area contributed by atoms with Crippen LogP contribution in [0.4, 0.5) is 11.6 Å². The zero-order valence-electron chi connectivity index (χ0n) is 15.2. The highest BCUT2D eigenvalue weighted by Gasteiger charge is 2.07. The molecule has 0 aliphatic carbocycles. The molecule has 1 N–H and O–H groups in total. The molecule has 0 aliphatic heterocycles. The number of hydrogen-bond donors (Lipinski definition) is 1. The average Bonchev–Trinajstić information content (AvgIpc) is 2.61. The molecule has 0 spiro atoms. The highest BCUT2D eigenvalue weighted by Crippen LogP contribution is 2.24. The number of aryl methyl sites for hydroxylation is 1. The Morgan fingerprint density at radius 3 is 2.68 bits per heavy atom. The van der Waals surface area contributed by atoms with Gasteiger partial charge in [0.2, 0.25) is 0 Å². The monoisotopic (exact) mass is 349 g/mol. The minimum Gasteiger partial charge on any atom is -0.324 e. The second-order valence-corrected chi connectivity index (χ2v) is 6.94. The molecule has 0 saturated heterocycles. The summed E-state index contributed by atoms with van der Waals surface area (Å²) in [6, 6.07) is 12.6. The number of rotatable bonds is 4. The van der Waals surface area contributed by atoms with E-state index >= 15 is 0 Å². The van der Waals surface area contributed by atoms with Crippen molar-refractivity contribution in [2.45, 2.75) is 27.2 Å². The molecule has 2 aromatic heterocycles. The minimum absolute atomic E-state index is 0.650. The van der Waals surface area contributed by atoms with Gasteiger partial charge >= 0.3 is 0 Å². The largest absolute Gasteiger partial charge is 0.324 e.